The number of aromatic nitrogens is 1. The second-order valence-electron chi connectivity index (χ2n) is 6.58. The minimum atomic E-state index is -0.580. The summed E-state index contributed by atoms with van der Waals surface area (Å²) >= 11 is 0. The average molecular weight is 369 g/mol. The van der Waals surface area contributed by atoms with Gasteiger partial charge in [0.25, 0.3) is 0 Å². The van der Waals surface area contributed by atoms with Crippen LogP contribution >= 0.6 is 0 Å². The van der Waals surface area contributed by atoms with E-state index >= 15 is 0 Å². The van der Waals surface area contributed by atoms with E-state index in [-0.39, 0.29) is 24.8 Å². The number of nitrogens with zero attached hydrogens (tertiary/aromatic N) is 1. The van der Waals surface area contributed by atoms with E-state index in [2.05, 4.69) is 10.3 Å². The maximum Gasteiger partial charge on any atom is 0.340 e. The SMILES string of the molecule is CCOC(=O)c1c(C)[nH]c(C(=O)C(C)N2CC(=O)Nc3ccccc32)c1C. The number of hydrogen-bond donors (Lipinski definition) is 2. The molecule has 1 aromatic heterocycles. The van der Waals surface area contributed by atoms with Crippen molar-refractivity contribution in [2.24, 2.45) is 0 Å². The molecule has 27 heavy (non-hydrogen) atoms. The van der Waals surface area contributed by atoms with Crippen LogP contribution < -0.4 is 10.2 Å². The largest absolute Gasteiger partial charge is 0.462 e. The second kappa shape index (κ2) is 7.26. The van der Waals surface area contributed by atoms with Gasteiger partial charge >= 0.3 is 5.97 Å². The minimum Gasteiger partial charge on any atom is -0.462 e. The quantitative estimate of drug-likeness (QED) is 0.625. The van der Waals surface area contributed by atoms with Gasteiger partial charge in [-0.15, -0.1) is 0 Å². The standard InChI is InChI=1S/C20H23N3O4/c1-5-27-20(26)17-11(2)18(21-12(17)3)19(25)13(4)23-10-16(24)22-14-8-6-7-9-15(14)23/h6-9,13,21H,5,10H2,1-4H3,(H,22,24). The van der Waals surface area contributed by atoms with Gasteiger partial charge in [-0.05, 0) is 45.4 Å². The number of rotatable bonds is 5. The van der Waals surface area contributed by atoms with Crippen molar-refractivity contribution >= 4 is 29.0 Å². The number of esters is 1. The Morgan fingerprint density at radius 2 is 1.96 bits per heavy atom. The Morgan fingerprint density at radius 1 is 1.26 bits per heavy atom. The molecule has 2 heterocycles. The number of para-hydroxylation sites is 2. The lowest BCUT2D eigenvalue weighted by Gasteiger charge is -2.34. The van der Waals surface area contributed by atoms with Crippen molar-refractivity contribution in [3.8, 4) is 0 Å². The van der Waals surface area contributed by atoms with Crippen molar-refractivity contribution in [3.63, 3.8) is 0 Å². The third-order valence-electron chi connectivity index (χ3n) is 4.81. The topological polar surface area (TPSA) is 91.5 Å². The molecule has 0 fully saturated rings. The Bertz CT molecular complexity index is 916. The van der Waals surface area contributed by atoms with Crippen LogP contribution in [0, 0.1) is 13.8 Å². The number of aryl methyl sites for hydroxylation is 1. The summed E-state index contributed by atoms with van der Waals surface area (Å²) in [5.74, 6) is -0.797. The van der Waals surface area contributed by atoms with E-state index in [0.717, 1.165) is 5.69 Å². The molecule has 1 amide bonds. The molecule has 1 aromatic carbocycles. The number of nitrogens with one attached hydrogen (secondary N) is 2. The zero-order chi connectivity index (χ0) is 19.7. The molecule has 1 atom stereocenters. The summed E-state index contributed by atoms with van der Waals surface area (Å²) in [4.78, 5) is 42.2. The Hall–Kier alpha value is -3.09. The van der Waals surface area contributed by atoms with Crippen molar-refractivity contribution in [1.29, 1.82) is 0 Å². The zero-order valence-corrected chi connectivity index (χ0v) is 15.9. The Labute approximate surface area is 157 Å². The van der Waals surface area contributed by atoms with Crippen LogP contribution in [0.15, 0.2) is 24.3 Å². The fourth-order valence-corrected chi connectivity index (χ4v) is 3.46. The smallest absolute Gasteiger partial charge is 0.340 e. The van der Waals surface area contributed by atoms with Crippen LogP contribution in [0.1, 0.15) is 46.0 Å². The fraction of sp³-hybridized carbons (Fsp3) is 0.350. The first-order chi connectivity index (χ1) is 12.8. The highest BCUT2D eigenvalue weighted by Gasteiger charge is 2.32. The Morgan fingerprint density at radius 3 is 2.67 bits per heavy atom. The number of carbonyl (C=O) groups is 3. The number of fused-ring (bicyclic) bond motifs is 1. The summed E-state index contributed by atoms with van der Waals surface area (Å²) in [6, 6.07) is 6.79. The maximum absolute atomic E-state index is 13.2. The summed E-state index contributed by atoms with van der Waals surface area (Å²) in [5, 5.41) is 2.82. The van der Waals surface area contributed by atoms with Crippen LogP contribution in [0.5, 0.6) is 0 Å². The molecule has 2 aromatic rings. The van der Waals surface area contributed by atoms with Crippen molar-refractivity contribution in [1.82, 2.24) is 4.98 Å². The zero-order valence-electron chi connectivity index (χ0n) is 15.9. The van der Waals surface area contributed by atoms with E-state index in [0.29, 0.717) is 28.2 Å². The molecule has 3 rings (SSSR count). The molecular weight excluding hydrogens is 346 g/mol. The first kappa shape index (κ1) is 18.7. The molecule has 7 heteroatoms. The lowest BCUT2D eigenvalue weighted by Crippen LogP contribution is -2.47. The number of amides is 1. The van der Waals surface area contributed by atoms with Gasteiger partial charge in [-0.25, -0.2) is 4.79 Å². The minimum absolute atomic E-state index is 0.0907. The predicted octanol–water partition coefficient (Wildman–Crippen LogP) is 2.84. The van der Waals surface area contributed by atoms with Crippen molar-refractivity contribution in [2.45, 2.75) is 33.7 Å². The number of anilines is 2. The number of Topliss-reactive ketones (excluding diaryl/α,β-unsaturated/α-hetero) is 1. The molecule has 1 aliphatic heterocycles. The molecule has 0 saturated heterocycles. The summed E-state index contributed by atoms with van der Waals surface area (Å²) in [6.45, 7) is 7.33. The van der Waals surface area contributed by atoms with Gasteiger partial charge in [-0.1, -0.05) is 12.1 Å². The molecule has 1 aliphatic rings. The predicted molar refractivity (Wildman–Crippen MR) is 102 cm³/mol. The second-order valence-corrected chi connectivity index (χ2v) is 6.58. The number of hydrogen-bond acceptors (Lipinski definition) is 5. The molecule has 2 N–H and O–H groups in total. The van der Waals surface area contributed by atoms with Gasteiger partial charge in [0.2, 0.25) is 11.7 Å². The van der Waals surface area contributed by atoms with Crippen LogP contribution in [0.25, 0.3) is 0 Å². The molecule has 0 saturated carbocycles. The van der Waals surface area contributed by atoms with E-state index < -0.39 is 12.0 Å². The molecule has 142 valence electrons. The number of carbonyl (C=O) groups excluding carboxylic acids is 3. The Balaban J connectivity index is 1.94. The van der Waals surface area contributed by atoms with Gasteiger partial charge in [0, 0.05) is 5.69 Å². The average Bonchev–Trinajstić information content (AvgIpc) is 2.94. The van der Waals surface area contributed by atoms with Crippen molar-refractivity contribution < 1.29 is 19.1 Å². The molecule has 1 unspecified atom stereocenters. The van der Waals surface area contributed by atoms with E-state index in [1.807, 2.05) is 18.2 Å². The van der Waals surface area contributed by atoms with Crippen molar-refractivity contribution in [2.75, 3.05) is 23.4 Å². The van der Waals surface area contributed by atoms with Gasteiger partial charge in [-0.3, -0.25) is 9.59 Å². The third kappa shape index (κ3) is 3.32. The van der Waals surface area contributed by atoms with Crippen LogP contribution in [0.3, 0.4) is 0 Å². The van der Waals surface area contributed by atoms with Gasteiger partial charge in [0.1, 0.15) is 0 Å². The summed E-state index contributed by atoms with van der Waals surface area (Å²) < 4.78 is 5.09. The van der Waals surface area contributed by atoms with E-state index in [9.17, 15) is 14.4 Å². The first-order valence-corrected chi connectivity index (χ1v) is 8.91. The summed E-state index contributed by atoms with van der Waals surface area (Å²) in [5.41, 5.74) is 3.40. The van der Waals surface area contributed by atoms with Crippen LogP contribution in [-0.2, 0) is 9.53 Å². The third-order valence-corrected chi connectivity index (χ3v) is 4.81. The molecular formula is C20H23N3O4. The highest BCUT2D eigenvalue weighted by Crippen LogP contribution is 2.31. The number of ether oxygens (including phenoxy) is 1. The lowest BCUT2D eigenvalue weighted by molar-refractivity contribution is -0.115. The van der Waals surface area contributed by atoms with Gasteiger partial charge in [-0.2, -0.15) is 0 Å². The number of ketones is 1. The van der Waals surface area contributed by atoms with E-state index in [4.69, 9.17) is 4.74 Å². The number of H-pyrrole nitrogens is 1. The van der Waals surface area contributed by atoms with Gasteiger partial charge in [0.05, 0.1) is 41.8 Å². The normalized spacial score (nSPS) is 14.4. The van der Waals surface area contributed by atoms with Gasteiger partial charge < -0.3 is 19.9 Å². The van der Waals surface area contributed by atoms with Gasteiger partial charge in [0.15, 0.2) is 0 Å². The van der Waals surface area contributed by atoms with Crippen LogP contribution in [-0.4, -0.2) is 41.8 Å². The highest BCUT2D eigenvalue weighted by atomic mass is 16.5. The monoisotopic (exact) mass is 369 g/mol. The maximum atomic E-state index is 13.2. The number of aromatic amines is 1. The van der Waals surface area contributed by atoms with Crippen molar-refractivity contribution in [3.05, 3.63) is 46.8 Å². The lowest BCUT2D eigenvalue weighted by atomic mass is 10.0. The Kier molecular flexibility index (Phi) is 5.03. The highest BCUT2D eigenvalue weighted by molar-refractivity contribution is 6.08. The molecule has 7 nitrogen and oxygen atoms in total. The summed E-state index contributed by atoms with van der Waals surface area (Å²) in [6.07, 6.45) is 0. The van der Waals surface area contributed by atoms with E-state index in [1.54, 1.807) is 38.7 Å². The first-order valence-electron chi connectivity index (χ1n) is 8.91. The summed E-state index contributed by atoms with van der Waals surface area (Å²) in [7, 11) is 0. The molecule has 0 radical (unpaired) electrons. The van der Waals surface area contributed by atoms with E-state index in [1.165, 1.54) is 0 Å². The number of benzene rings is 1. The van der Waals surface area contributed by atoms with Crippen LogP contribution in [0.4, 0.5) is 11.4 Å². The molecule has 0 bridgehead atoms. The molecule has 0 aliphatic carbocycles. The molecule has 0 spiro atoms. The van der Waals surface area contributed by atoms with Crippen LogP contribution in [0.2, 0.25) is 0 Å². The fourth-order valence-electron chi connectivity index (χ4n) is 3.46.